The summed E-state index contributed by atoms with van der Waals surface area (Å²) in [6, 6.07) is 8.50. The molecular weight excluding hydrogens is 555 g/mol. The van der Waals surface area contributed by atoms with Crippen LogP contribution in [-0.4, -0.2) is 34.7 Å². The number of nitriles is 1. The molecule has 1 aliphatic rings. The average Bonchev–Trinajstić information content (AvgIpc) is 3.47. The van der Waals surface area contributed by atoms with E-state index in [1.807, 2.05) is 10.8 Å². The quantitative estimate of drug-likeness (QED) is 0.279. The lowest BCUT2D eigenvalue weighted by atomic mass is 10.0. The molecule has 0 unspecified atom stereocenters. The van der Waals surface area contributed by atoms with Crippen molar-refractivity contribution in [3.63, 3.8) is 0 Å². The van der Waals surface area contributed by atoms with Gasteiger partial charge in [-0.1, -0.05) is 17.7 Å². The summed E-state index contributed by atoms with van der Waals surface area (Å²) in [4.78, 5) is 7.42. The summed E-state index contributed by atoms with van der Waals surface area (Å²) in [6.07, 6.45) is 3.20. The monoisotopic (exact) mass is 573 g/mol. The predicted molar refractivity (Wildman–Crippen MR) is 138 cm³/mol. The van der Waals surface area contributed by atoms with Crippen LogP contribution in [0.1, 0.15) is 18.5 Å². The second-order valence-corrected chi connectivity index (χ2v) is 10.6. The van der Waals surface area contributed by atoms with Crippen molar-refractivity contribution < 1.29 is 21.6 Å². The number of aryl methyl sites for hydroxylation is 1. The molecule has 0 bridgehead atoms. The molecule has 0 saturated carbocycles. The van der Waals surface area contributed by atoms with Gasteiger partial charge in [0, 0.05) is 41.1 Å². The zero-order chi connectivity index (χ0) is 27.7. The largest absolute Gasteiger partial charge is 0.353 e. The number of halogens is 4. The fraction of sp³-hybridized carbons (Fsp3) is 0.200. The Balaban J connectivity index is 1.61. The third-order valence-corrected chi connectivity index (χ3v) is 7.63. The second kappa shape index (κ2) is 10.5. The number of hydrogen-bond donors (Lipinski definition) is 2. The van der Waals surface area contributed by atoms with Crippen LogP contribution in [0.2, 0.25) is 5.02 Å². The predicted octanol–water partition coefficient (Wildman–Crippen LogP) is 5.15. The summed E-state index contributed by atoms with van der Waals surface area (Å²) >= 11 is 6.25. The highest BCUT2D eigenvalue weighted by atomic mass is 35.5. The van der Waals surface area contributed by atoms with Crippen molar-refractivity contribution >= 4 is 33.3 Å². The van der Waals surface area contributed by atoms with Gasteiger partial charge in [0.15, 0.2) is 10.7 Å². The Kier molecular flexibility index (Phi) is 7.16. The normalized spacial score (nSPS) is 12.7. The molecule has 39 heavy (non-hydrogen) atoms. The van der Waals surface area contributed by atoms with E-state index in [2.05, 4.69) is 20.4 Å². The minimum atomic E-state index is -4.86. The summed E-state index contributed by atoms with van der Waals surface area (Å²) in [6.45, 7) is 0.906. The van der Waals surface area contributed by atoms with E-state index in [1.165, 1.54) is 12.3 Å². The number of benzene rings is 2. The number of fused-ring (bicyclic) bond motifs is 1. The fourth-order valence-corrected chi connectivity index (χ4v) is 5.78. The SMILES string of the molecule is N#CCCNc1nccc(-c2c(-c3cc(Cl)cc(NS(=O)(=O)c4c(F)cccc4F)c3F)nn3c2CCC3)n1. The first-order valence-electron chi connectivity index (χ1n) is 11.7. The number of hydrogen-bond acceptors (Lipinski definition) is 7. The van der Waals surface area contributed by atoms with Gasteiger partial charge in [-0.2, -0.15) is 10.4 Å². The highest BCUT2D eigenvalue weighted by Crippen LogP contribution is 2.40. The maximum atomic E-state index is 15.9. The Morgan fingerprint density at radius 2 is 1.92 bits per heavy atom. The molecule has 2 N–H and O–H groups in total. The van der Waals surface area contributed by atoms with Crippen LogP contribution in [-0.2, 0) is 23.0 Å². The van der Waals surface area contributed by atoms with Crippen molar-refractivity contribution in [2.75, 3.05) is 16.6 Å². The van der Waals surface area contributed by atoms with Crippen molar-refractivity contribution in [3.05, 3.63) is 70.8 Å². The molecule has 5 rings (SSSR count). The van der Waals surface area contributed by atoms with E-state index in [-0.39, 0.29) is 28.6 Å². The maximum Gasteiger partial charge on any atom is 0.267 e. The highest BCUT2D eigenvalue weighted by molar-refractivity contribution is 7.92. The topological polar surface area (TPSA) is 126 Å². The lowest BCUT2D eigenvalue weighted by Crippen LogP contribution is -2.17. The number of sulfonamides is 1. The smallest absolute Gasteiger partial charge is 0.267 e. The molecule has 2 aromatic carbocycles. The average molecular weight is 574 g/mol. The minimum Gasteiger partial charge on any atom is -0.353 e. The van der Waals surface area contributed by atoms with Gasteiger partial charge in [-0.3, -0.25) is 9.40 Å². The van der Waals surface area contributed by atoms with Crippen molar-refractivity contribution in [1.82, 2.24) is 19.7 Å². The van der Waals surface area contributed by atoms with Crippen molar-refractivity contribution in [3.8, 4) is 28.6 Å². The zero-order valence-corrected chi connectivity index (χ0v) is 21.6. The van der Waals surface area contributed by atoms with Gasteiger partial charge in [0.1, 0.15) is 17.3 Å². The van der Waals surface area contributed by atoms with Crippen LogP contribution in [0.4, 0.5) is 24.8 Å². The second-order valence-electron chi connectivity index (χ2n) is 8.57. The molecule has 0 spiro atoms. The summed E-state index contributed by atoms with van der Waals surface area (Å²) in [5, 5.41) is 16.3. The number of nitrogens with zero attached hydrogens (tertiary/aromatic N) is 5. The molecule has 0 radical (unpaired) electrons. The first-order valence-corrected chi connectivity index (χ1v) is 13.6. The molecule has 14 heteroatoms. The molecule has 0 saturated heterocycles. The Labute approximate surface area is 226 Å². The molecule has 3 heterocycles. The summed E-state index contributed by atoms with van der Waals surface area (Å²) in [7, 11) is -4.86. The fourth-order valence-electron chi connectivity index (χ4n) is 4.37. The van der Waals surface area contributed by atoms with Crippen molar-refractivity contribution in [2.24, 2.45) is 0 Å². The van der Waals surface area contributed by atoms with Crippen LogP contribution in [0.25, 0.3) is 22.5 Å². The molecule has 0 aliphatic carbocycles. The minimum absolute atomic E-state index is 0.0428. The third kappa shape index (κ3) is 5.13. The maximum absolute atomic E-state index is 15.9. The van der Waals surface area contributed by atoms with Crippen LogP contribution < -0.4 is 10.0 Å². The van der Waals surface area contributed by atoms with Gasteiger partial charge in [0.2, 0.25) is 5.95 Å². The van der Waals surface area contributed by atoms with Crippen LogP contribution in [0.15, 0.2) is 47.5 Å². The van der Waals surface area contributed by atoms with Gasteiger partial charge in [-0.15, -0.1) is 0 Å². The van der Waals surface area contributed by atoms with Crippen LogP contribution in [0.3, 0.4) is 0 Å². The molecule has 4 aromatic rings. The molecular formula is C25H19ClF3N7O2S. The Morgan fingerprint density at radius 3 is 2.67 bits per heavy atom. The standard InChI is InChI=1S/C25H19ClF3N7O2S/c26-14-12-15(22(29)19(13-14)35-39(37,38)24-16(27)4-1-5-17(24)28)23-21(20-6-2-11-36(20)34-23)18-7-10-32-25(33-18)31-9-3-8-30/h1,4-5,7,10,12-13,35H,2-3,6,9,11H2,(H,31,32,33). The van der Waals surface area contributed by atoms with Gasteiger partial charge in [0.25, 0.3) is 10.0 Å². The lowest BCUT2D eigenvalue weighted by molar-refractivity contribution is 0.521. The van der Waals surface area contributed by atoms with Crippen LogP contribution in [0.5, 0.6) is 0 Å². The molecule has 1 aliphatic heterocycles. The van der Waals surface area contributed by atoms with Gasteiger partial charge >= 0.3 is 0 Å². The molecule has 0 atom stereocenters. The van der Waals surface area contributed by atoms with E-state index < -0.39 is 38.1 Å². The number of rotatable bonds is 8. The molecule has 9 nitrogen and oxygen atoms in total. The number of nitrogens with one attached hydrogen (secondary N) is 2. The van der Waals surface area contributed by atoms with Crippen molar-refractivity contribution in [1.29, 1.82) is 5.26 Å². The molecule has 0 amide bonds. The van der Waals surface area contributed by atoms with Crippen molar-refractivity contribution in [2.45, 2.75) is 30.7 Å². The highest BCUT2D eigenvalue weighted by Gasteiger charge is 2.30. The first kappa shape index (κ1) is 26.5. The third-order valence-electron chi connectivity index (χ3n) is 6.00. The van der Waals surface area contributed by atoms with Crippen LogP contribution >= 0.6 is 11.6 Å². The van der Waals surface area contributed by atoms with E-state index >= 15 is 4.39 Å². The van der Waals surface area contributed by atoms with Gasteiger partial charge < -0.3 is 5.32 Å². The summed E-state index contributed by atoms with van der Waals surface area (Å²) in [5.41, 5.74) is 1.14. The molecule has 2 aromatic heterocycles. The molecule has 200 valence electrons. The summed E-state index contributed by atoms with van der Waals surface area (Å²) < 4.78 is 73.7. The Morgan fingerprint density at radius 1 is 1.15 bits per heavy atom. The van der Waals surface area contributed by atoms with E-state index in [4.69, 9.17) is 16.9 Å². The first-order chi connectivity index (χ1) is 18.7. The Bertz CT molecular complexity index is 1720. The van der Waals surface area contributed by atoms with Gasteiger partial charge in [0.05, 0.1) is 23.9 Å². The summed E-state index contributed by atoms with van der Waals surface area (Å²) in [5.74, 6) is -3.44. The van der Waals surface area contributed by atoms with E-state index in [0.29, 0.717) is 30.8 Å². The zero-order valence-electron chi connectivity index (χ0n) is 20.0. The van der Waals surface area contributed by atoms with Crippen LogP contribution in [0, 0.1) is 28.8 Å². The lowest BCUT2D eigenvalue weighted by Gasteiger charge is -2.14. The van der Waals surface area contributed by atoms with Gasteiger partial charge in [-0.25, -0.2) is 31.6 Å². The Hall–Kier alpha value is -4.15. The number of aromatic nitrogens is 4. The van der Waals surface area contributed by atoms with E-state index in [1.54, 1.807) is 10.7 Å². The van der Waals surface area contributed by atoms with Gasteiger partial charge in [-0.05, 0) is 43.2 Å². The number of anilines is 2. The molecule has 0 fully saturated rings. The van der Waals surface area contributed by atoms with E-state index in [9.17, 15) is 17.2 Å². The van der Waals surface area contributed by atoms with E-state index in [0.717, 1.165) is 36.4 Å².